The van der Waals surface area contributed by atoms with Crippen LogP contribution in [-0.4, -0.2) is 23.0 Å². The largest absolute Gasteiger partial charge is 0.368 e. The van der Waals surface area contributed by atoms with E-state index in [1.807, 2.05) is 30.6 Å². The third kappa shape index (κ3) is 6.86. The number of hydrogen-bond acceptors (Lipinski definition) is 4. The number of aromatic nitrogens is 1. The van der Waals surface area contributed by atoms with Crippen molar-refractivity contribution >= 4 is 28.7 Å². The van der Waals surface area contributed by atoms with Crippen LogP contribution in [0.2, 0.25) is 0 Å². The second-order valence-electron chi connectivity index (χ2n) is 6.14. The van der Waals surface area contributed by atoms with Crippen LogP contribution in [0.1, 0.15) is 36.5 Å². The fourth-order valence-corrected chi connectivity index (χ4v) is 3.32. The Bertz CT molecular complexity index is 796. The first-order valence-electron chi connectivity index (χ1n) is 8.81. The Hall–Kier alpha value is -2.67. The number of aryl methyl sites for hydroxylation is 1. The van der Waals surface area contributed by atoms with Crippen LogP contribution in [0.25, 0.3) is 0 Å². The van der Waals surface area contributed by atoms with Gasteiger partial charge in [0, 0.05) is 29.9 Å². The molecule has 3 N–H and O–H groups in total. The predicted octanol–water partition coefficient (Wildman–Crippen LogP) is 2.07. The van der Waals surface area contributed by atoms with Crippen molar-refractivity contribution in [2.24, 2.45) is 5.73 Å². The lowest BCUT2D eigenvalue weighted by molar-refractivity contribution is -0.697. The van der Waals surface area contributed by atoms with Gasteiger partial charge in [-0.05, 0) is 25.5 Å². The maximum atomic E-state index is 12.3. The van der Waals surface area contributed by atoms with E-state index in [4.69, 9.17) is 5.73 Å². The van der Waals surface area contributed by atoms with Crippen LogP contribution in [0.3, 0.4) is 0 Å². The first-order valence-corrected chi connectivity index (χ1v) is 9.63. The zero-order valence-corrected chi connectivity index (χ0v) is 16.1. The van der Waals surface area contributed by atoms with E-state index in [-0.39, 0.29) is 5.12 Å². The number of hydrogen-bond donors (Lipinski definition) is 2. The van der Waals surface area contributed by atoms with E-state index in [9.17, 15) is 14.4 Å². The molecule has 0 aliphatic rings. The van der Waals surface area contributed by atoms with Crippen molar-refractivity contribution < 1.29 is 19.0 Å². The molecule has 2 aromatic rings. The van der Waals surface area contributed by atoms with E-state index in [0.29, 0.717) is 16.9 Å². The zero-order valence-electron chi connectivity index (χ0n) is 15.3. The molecule has 1 atom stereocenters. The normalized spacial score (nSPS) is 11.6. The molecule has 0 aliphatic carbocycles. The molecule has 7 heteroatoms. The van der Waals surface area contributed by atoms with Gasteiger partial charge in [-0.25, -0.2) is 4.57 Å². The highest BCUT2D eigenvalue weighted by Crippen LogP contribution is 2.25. The van der Waals surface area contributed by atoms with Gasteiger partial charge >= 0.3 is 0 Å². The Kier molecular flexibility index (Phi) is 8.00. The average Bonchev–Trinajstić information content (AvgIpc) is 2.66. The molecule has 1 aromatic heterocycles. The van der Waals surface area contributed by atoms with Crippen LogP contribution in [0, 0.1) is 0 Å². The summed E-state index contributed by atoms with van der Waals surface area (Å²) in [6, 6.07) is 12.0. The van der Waals surface area contributed by atoms with Crippen molar-refractivity contribution in [1.29, 1.82) is 0 Å². The summed E-state index contributed by atoms with van der Waals surface area (Å²) in [5.74, 6) is -1.03. The summed E-state index contributed by atoms with van der Waals surface area (Å²) >= 11 is 1.06. The van der Waals surface area contributed by atoms with Crippen molar-refractivity contribution in [3.05, 3.63) is 60.4 Å². The molecular weight excluding hydrogens is 362 g/mol. The molecule has 1 aromatic carbocycles. The molecule has 142 valence electrons. The highest BCUT2D eigenvalue weighted by molar-refractivity contribution is 8.13. The zero-order chi connectivity index (χ0) is 19.6. The third-order valence-corrected chi connectivity index (χ3v) is 4.96. The van der Waals surface area contributed by atoms with E-state index < -0.39 is 17.9 Å². The lowest BCUT2D eigenvalue weighted by Gasteiger charge is -2.12. The van der Waals surface area contributed by atoms with E-state index >= 15 is 0 Å². The van der Waals surface area contributed by atoms with Crippen LogP contribution in [-0.2, 0) is 16.1 Å². The van der Waals surface area contributed by atoms with Crippen LogP contribution in [0.15, 0.2) is 59.8 Å². The van der Waals surface area contributed by atoms with Crippen LogP contribution in [0.4, 0.5) is 0 Å². The van der Waals surface area contributed by atoms with Gasteiger partial charge in [0.25, 0.3) is 5.91 Å². The Morgan fingerprint density at radius 3 is 2.48 bits per heavy atom. The molecule has 0 saturated carbocycles. The number of nitrogens with two attached hydrogens (primary N) is 1. The average molecular weight is 386 g/mol. The van der Waals surface area contributed by atoms with E-state index in [0.717, 1.165) is 31.1 Å². The summed E-state index contributed by atoms with van der Waals surface area (Å²) in [5.41, 5.74) is 5.54. The number of thioether (sulfide) groups is 1. The molecule has 0 bridgehead atoms. The number of benzene rings is 1. The van der Waals surface area contributed by atoms with Crippen LogP contribution in [0.5, 0.6) is 0 Å². The maximum Gasteiger partial charge on any atom is 0.253 e. The number of unbranched alkanes of at least 4 members (excludes halogenated alkanes) is 1. The predicted molar refractivity (Wildman–Crippen MR) is 104 cm³/mol. The Morgan fingerprint density at radius 2 is 1.78 bits per heavy atom. The molecule has 2 amide bonds. The van der Waals surface area contributed by atoms with E-state index in [1.165, 1.54) is 6.92 Å². The number of nitrogens with one attached hydrogen (secondary N) is 1. The lowest BCUT2D eigenvalue weighted by atomic mass is 10.2. The number of nitrogens with zero attached hydrogens (tertiary/aromatic N) is 1. The minimum absolute atomic E-state index is 0.0104. The maximum absolute atomic E-state index is 12.3. The standard InChI is InChI=1S/C20H23N3O3S/c1-15(19(21)25)22-20(26)16-9-3-4-10-17(16)27-18(24)11-5-8-14-23-12-6-2-7-13-23/h2-4,6-7,9-10,12-13,15H,5,8,11,14H2,1H3,(H2-,21,22,25,26)/p+1/t15-/m1/s1. The summed E-state index contributed by atoms with van der Waals surface area (Å²) < 4.78 is 2.08. The fourth-order valence-electron chi connectivity index (χ4n) is 2.41. The minimum Gasteiger partial charge on any atom is -0.368 e. The Labute approximate surface area is 163 Å². The van der Waals surface area contributed by atoms with Crippen LogP contribution < -0.4 is 15.6 Å². The van der Waals surface area contributed by atoms with Gasteiger partial charge < -0.3 is 11.1 Å². The number of carbonyl (C=O) groups is 3. The summed E-state index contributed by atoms with van der Waals surface area (Å²) in [4.78, 5) is 36.3. The van der Waals surface area contributed by atoms with Crippen molar-refractivity contribution in [3.8, 4) is 0 Å². The van der Waals surface area contributed by atoms with Crippen molar-refractivity contribution in [1.82, 2.24) is 5.32 Å². The molecule has 0 saturated heterocycles. The number of pyridine rings is 1. The molecular formula is C20H24N3O3S+. The van der Waals surface area contributed by atoms with Gasteiger partial charge in [0.15, 0.2) is 17.5 Å². The first kappa shape index (κ1) is 20.6. The summed E-state index contributed by atoms with van der Waals surface area (Å²) in [6.45, 7) is 2.38. The highest BCUT2D eigenvalue weighted by atomic mass is 32.2. The van der Waals surface area contributed by atoms with Gasteiger partial charge in [0.2, 0.25) is 5.91 Å². The smallest absolute Gasteiger partial charge is 0.253 e. The van der Waals surface area contributed by atoms with Gasteiger partial charge in [-0.3, -0.25) is 14.4 Å². The summed E-state index contributed by atoms with van der Waals surface area (Å²) in [5, 5.41) is 2.55. The summed E-state index contributed by atoms with van der Waals surface area (Å²) in [6.07, 6.45) is 6.11. The van der Waals surface area contributed by atoms with Gasteiger partial charge in [-0.1, -0.05) is 30.0 Å². The van der Waals surface area contributed by atoms with Gasteiger partial charge in [-0.2, -0.15) is 0 Å². The Balaban J connectivity index is 1.86. The highest BCUT2D eigenvalue weighted by Gasteiger charge is 2.18. The third-order valence-electron chi connectivity index (χ3n) is 3.95. The fraction of sp³-hybridized carbons (Fsp3) is 0.300. The van der Waals surface area contributed by atoms with Gasteiger partial charge in [0.05, 0.1) is 5.56 Å². The Morgan fingerprint density at radius 1 is 1.07 bits per heavy atom. The monoisotopic (exact) mass is 386 g/mol. The molecule has 0 aliphatic heterocycles. The van der Waals surface area contributed by atoms with Crippen LogP contribution >= 0.6 is 11.8 Å². The first-order chi connectivity index (χ1) is 13.0. The summed E-state index contributed by atoms with van der Waals surface area (Å²) in [7, 11) is 0. The molecule has 0 radical (unpaired) electrons. The SMILES string of the molecule is C[C@@H](NC(=O)c1ccccc1SC(=O)CCCC[n+]1ccccc1)C(N)=O. The second kappa shape index (κ2) is 10.5. The van der Waals surface area contributed by atoms with Crippen molar-refractivity contribution in [2.45, 2.75) is 43.7 Å². The van der Waals surface area contributed by atoms with E-state index in [2.05, 4.69) is 9.88 Å². The number of amides is 2. The molecule has 0 fully saturated rings. The molecule has 27 heavy (non-hydrogen) atoms. The van der Waals surface area contributed by atoms with Crippen molar-refractivity contribution in [2.75, 3.05) is 0 Å². The van der Waals surface area contributed by atoms with Crippen molar-refractivity contribution in [3.63, 3.8) is 0 Å². The van der Waals surface area contributed by atoms with E-state index in [1.54, 1.807) is 24.3 Å². The molecule has 1 heterocycles. The number of primary amides is 1. The van der Waals surface area contributed by atoms with Gasteiger partial charge in [0.1, 0.15) is 12.6 Å². The lowest BCUT2D eigenvalue weighted by Crippen LogP contribution is -2.42. The molecule has 2 rings (SSSR count). The number of rotatable bonds is 9. The topological polar surface area (TPSA) is 93.1 Å². The minimum atomic E-state index is -0.776. The molecule has 0 spiro atoms. The quantitative estimate of drug-likeness (QED) is 0.392. The molecule has 0 unspecified atom stereocenters. The molecule has 6 nitrogen and oxygen atoms in total. The number of carbonyl (C=O) groups excluding carboxylic acids is 3. The second-order valence-corrected chi connectivity index (χ2v) is 7.24. The van der Waals surface area contributed by atoms with Gasteiger partial charge in [-0.15, -0.1) is 0 Å².